The van der Waals surface area contributed by atoms with E-state index in [1.807, 2.05) is 60.7 Å². The molecule has 6 rings (SSSR count). The summed E-state index contributed by atoms with van der Waals surface area (Å²) in [6.07, 6.45) is 0. The van der Waals surface area contributed by atoms with Crippen LogP contribution >= 0.6 is 8.46 Å². The third-order valence-corrected chi connectivity index (χ3v) is 8.41. The molecule has 0 fully saturated rings. The van der Waals surface area contributed by atoms with Gasteiger partial charge in [0.15, 0.2) is 14.2 Å². The molecule has 0 bridgehead atoms. The molecule has 0 aliphatic carbocycles. The van der Waals surface area contributed by atoms with Crippen molar-refractivity contribution < 1.29 is 30.3 Å². The highest BCUT2D eigenvalue weighted by molar-refractivity contribution is 7.88. The van der Waals surface area contributed by atoms with Gasteiger partial charge >= 0.3 is 15.6 Å². The van der Waals surface area contributed by atoms with Crippen LogP contribution in [0.15, 0.2) is 109 Å². The molecule has 4 nitrogen and oxygen atoms in total. The van der Waals surface area contributed by atoms with Crippen LogP contribution in [-0.2, 0) is 14.7 Å². The Kier molecular flexibility index (Phi) is 6.32. The fourth-order valence-electron chi connectivity index (χ4n) is 5.01. The van der Waals surface area contributed by atoms with Crippen LogP contribution in [-0.4, -0.2) is 13.9 Å². The number of halogens is 3. The first kappa shape index (κ1) is 26.0. The van der Waals surface area contributed by atoms with Crippen LogP contribution in [0, 0.1) is 0 Å². The summed E-state index contributed by atoms with van der Waals surface area (Å²) in [5.41, 5.74) is -3.88. The van der Waals surface area contributed by atoms with E-state index in [1.54, 1.807) is 36.4 Å². The summed E-state index contributed by atoms with van der Waals surface area (Å²) in [7, 11) is -6.40. The minimum absolute atomic E-state index is 0.100. The second-order valence-electron chi connectivity index (χ2n) is 9.17. The Labute approximate surface area is 229 Å². The van der Waals surface area contributed by atoms with Gasteiger partial charge in [0.1, 0.15) is 0 Å². The van der Waals surface area contributed by atoms with Crippen LogP contribution in [0.2, 0.25) is 0 Å². The molecule has 40 heavy (non-hydrogen) atoms. The topological polar surface area (TPSA) is 60.4 Å². The van der Waals surface area contributed by atoms with Gasteiger partial charge in [-0.15, -0.1) is 0 Å². The molecule has 6 aromatic rings. The van der Waals surface area contributed by atoms with E-state index in [1.165, 1.54) is 12.1 Å². The number of rotatable bonds is 5. The molecule has 0 spiro atoms. The van der Waals surface area contributed by atoms with Gasteiger partial charge in [0.05, 0.1) is 5.30 Å². The smallest absolute Gasteiger partial charge is 0.375 e. The predicted molar refractivity (Wildman–Crippen MR) is 153 cm³/mol. The average Bonchev–Trinajstić information content (AvgIpc) is 2.95. The van der Waals surface area contributed by atoms with Gasteiger partial charge in [-0.1, -0.05) is 91.0 Å². The fraction of sp³-hybridized carbons (Fsp3) is 0.0323. The number of fused-ring (bicyclic) bond motifs is 3. The third kappa shape index (κ3) is 4.39. The molecule has 198 valence electrons. The molecule has 0 saturated carbocycles. The highest BCUT2D eigenvalue weighted by atomic mass is 32.2. The lowest BCUT2D eigenvalue weighted by Gasteiger charge is -2.20. The average molecular weight is 575 g/mol. The van der Waals surface area contributed by atoms with Gasteiger partial charge in [-0.25, -0.2) is 0 Å². The first-order valence-corrected chi connectivity index (χ1v) is 14.3. The van der Waals surface area contributed by atoms with Crippen LogP contribution in [0.5, 0.6) is 5.75 Å². The second-order valence-corrected chi connectivity index (χ2v) is 11.3. The van der Waals surface area contributed by atoms with Crippen molar-refractivity contribution in [1.29, 1.82) is 0 Å². The summed E-state index contributed by atoms with van der Waals surface area (Å²) in [5.74, 6) is -0.512. The number of benzene rings is 6. The molecule has 0 amide bonds. The fourth-order valence-corrected chi connectivity index (χ4v) is 6.09. The van der Waals surface area contributed by atoms with Gasteiger partial charge in [0, 0.05) is 11.1 Å². The highest BCUT2D eigenvalue weighted by Crippen LogP contribution is 2.44. The van der Waals surface area contributed by atoms with Crippen molar-refractivity contribution in [2.75, 3.05) is 0 Å². The van der Waals surface area contributed by atoms with Crippen LogP contribution in [0.1, 0.15) is 0 Å². The molecule has 0 saturated heterocycles. The Hall–Kier alpha value is -4.26. The quantitative estimate of drug-likeness (QED) is 0.118. The van der Waals surface area contributed by atoms with Crippen LogP contribution in [0.3, 0.4) is 0 Å². The van der Waals surface area contributed by atoms with Crippen molar-refractivity contribution in [3.05, 3.63) is 109 Å². The normalized spacial score (nSPS) is 12.4. The molecular weight excluding hydrogens is 556 g/mol. The maximum Gasteiger partial charge on any atom is 0.534 e. The van der Waals surface area contributed by atoms with Crippen molar-refractivity contribution in [3.8, 4) is 28.0 Å². The molecule has 0 radical (unpaired) electrons. The number of alkyl halides is 3. The lowest BCUT2D eigenvalue weighted by molar-refractivity contribution is -0.0499. The van der Waals surface area contributed by atoms with E-state index in [-0.39, 0.29) is 5.56 Å². The van der Waals surface area contributed by atoms with Crippen LogP contribution in [0.25, 0.3) is 54.6 Å². The summed E-state index contributed by atoms with van der Waals surface area (Å²) in [6, 6.07) is 32.1. The number of hydrogen-bond donors (Lipinski definition) is 0. The maximum atomic E-state index is 13.4. The van der Waals surface area contributed by atoms with Crippen molar-refractivity contribution >= 4 is 56.2 Å². The Morgan fingerprint density at radius 2 is 1.20 bits per heavy atom. The molecule has 6 aromatic carbocycles. The van der Waals surface area contributed by atoms with E-state index < -0.39 is 29.8 Å². The summed E-state index contributed by atoms with van der Waals surface area (Å²) in [6.45, 7) is 0. The zero-order valence-corrected chi connectivity index (χ0v) is 22.2. The van der Waals surface area contributed by atoms with E-state index in [9.17, 15) is 26.2 Å². The van der Waals surface area contributed by atoms with E-state index in [4.69, 9.17) is 4.18 Å². The van der Waals surface area contributed by atoms with E-state index in [2.05, 4.69) is 0 Å². The molecule has 0 aliphatic heterocycles. The summed E-state index contributed by atoms with van der Waals surface area (Å²) >= 11 is 0. The molecule has 0 N–H and O–H groups in total. The van der Waals surface area contributed by atoms with Gasteiger partial charge in [-0.05, 0) is 61.6 Å². The van der Waals surface area contributed by atoms with Gasteiger partial charge in [0.25, 0.3) is 0 Å². The Bertz CT molecular complexity index is 2070. The molecule has 0 atom stereocenters. The molecule has 9 heteroatoms. The number of hydrogen-bond acceptors (Lipinski definition) is 4. The molecule has 0 aliphatic rings. The van der Waals surface area contributed by atoms with E-state index in [0.717, 1.165) is 21.7 Å². The largest absolute Gasteiger partial charge is 0.534 e. The minimum Gasteiger partial charge on any atom is -0.375 e. The summed E-state index contributed by atoms with van der Waals surface area (Å²) in [5, 5.41) is 4.65. The van der Waals surface area contributed by atoms with E-state index in [0.29, 0.717) is 32.6 Å². The Balaban J connectivity index is 1.74. The molecule has 0 unspecified atom stereocenters. The molecular formula is C31H18F3O4PS. The van der Waals surface area contributed by atoms with Gasteiger partial charge in [0.2, 0.25) is 0 Å². The lowest BCUT2D eigenvalue weighted by Crippen LogP contribution is -2.28. The monoisotopic (exact) mass is 574 g/mol. The standard InChI is InChI=1S/C31H18F3O4PS/c32-31(33,34)40(36,37)38-27-16-15-20-8-3-5-11-24(20)28(27)29-25-12-6-4-10-22(25)18-26(30(29)39-35)23-14-13-19-7-1-2-9-21(19)17-23/h1-18H. The van der Waals surface area contributed by atoms with Crippen LogP contribution < -0.4 is 9.49 Å². The summed E-state index contributed by atoms with van der Waals surface area (Å²) < 4.78 is 82.3. The maximum absolute atomic E-state index is 13.4. The van der Waals surface area contributed by atoms with Crippen molar-refractivity contribution in [3.63, 3.8) is 0 Å². The van der Waals surface area contributed by atoms with Gasteiger partial charge in [-0.2, -0.15) is 21.6 Å². The molecule has 0 aromatic heterocycles. The minimum atomic E-state index is -5.99. The Morgan fingerprint density at radius 1 is 0.625 bits per heavy atom. The third-order valence-electron chi connectivity index (χ3n) is 6.80. The SMILES string of the molecule is O=Pc1c(-c2ccc3ccccc3c2)cc2ccccc2c1-c1c(OS(=O)(=O)C(F)(F)F)ccc2ccccc12. The molecule has 0 heterocycles. The van der Waals surface area contributed by atoms with Crippen molar-refractivity contribution in [2.24, 2.45) is 0 Å². The van der Waals surface area contributed by atoms with Gasteiger partial charge in [-0.3, -0.25) is 4.57 Å². The van der Waals surface area contributed by atoms with Crippen molar-refractivity contribution in [2.45, 2.75) is 5.51 Å². The second kappa shape index (κ2) is 9.73. The Morgan fingerprint density at radius 3 is 1.88 bits per heavy atom. The first-order valence-electron chi connectivity index (χ1n) is 12.1. The van der Waals surface area contributed by atoms with Crippen molar-refractivity contribution in [1.82, 2.24) is 0 Å². The zero-order valence-electron chi connectivity index (χ0n) is 20.5. The zero-order chi connectivity index (χ0) is 28.1. The first-order chi connectivity index (χ1) is 19.2. The highest BCUT2D eigenvalue weighted by Gasteiger charge is 2.49. The summed E-state index contributed by atoms with van der Waals surface area (Å²) in [4.78, 5) is 0. The van der Waals surface area contributed by atoms with E-state index >= 15 is 0 Å². The predicted octanol–water partition coefficient (Wildman–Crippen LogP) is 8.63. The van der Waals surface area contributed by atoms with Crippen LogP contribution in [0.4, 0.5) is 13.2 Å². The lowest BCUT2D eigenvalue weighted by atomic mass is 9.89. The van der Waals surface area contributed by atoms with Gasteiger partial charge < -0.3 is 4.18 Å².